The lowest BCUT2D eigenvalue weighted by Crippen LogP contribution is -2.42. The number of hydrogen-bond acceptors (Lipinski definition) is 7. The zero-order chi connectivity index (χ0) is 29.2. The average molecular weight is 576 g/mol. The van der Waals surface area contributed by atoms with Crippen LogP contribution in [0.3, 0.4) is 0 Å². The van der Waals surface area contributed by atoms with Crippen LogP contribution < -0.4 is 10.1 Å². The second-order valence-electron chi connectivity index (χ2n) is 9.31. The fourth-order valence-corrected chi connectivity index (χ4v) is 5.65. The highest BCUT2D eigenvalue weighted by atomic mass is 32.2. The molecule has 4 aromatic rings. The van der Waals surface area contributed by atoms with E-state index in [2.05, 4.69) is 10.3 Å². The summed E-state index contributed by atoms with van der Waals surface area (Å²) in [5.41, 5.74) is 2.13. The van der Waals surface area contributed by atoms with Crippen molar-refractivity contribution in [3.05, 3.63) is 126 Å². The minimum absolute atomic E-state index is 0.0417. The van der Waals surface area contributed by atoms with Crippen molar-refractivity contribution < 1.29 is 28.2 Å². The summed E-state index contributed by atoms with van der Waals surface area (Å²) in [6.45, 7) is 1.97. The number of pyridine rings is 1. The fourth-order valence-electron chi connectivity index (χ4n) is 4.25. The summed E-state index contributed by atoms with van der Waals surface area (Å²) in [5.74, 6) is 0.106. The van der Waals surface area contributed by atoms with Gasteiger partial charge in [0.15, 0.2) is 0 Å². The molecule has 0 bridgehead atoms. The van der Waals surface area contributed by atoms with Gasteiger partial charge in [-0.1, -0.05) is 48.5 Å². The molecule has 2 atom stereocenters. The molecule has 0 spiro atoms. The van der Waals surface area contributed by atoms with Gasteiger partial charge in [-0.3, -0.25) is 9.78 Å². The molecule has 1 heterocycles. The maximum absolute atomic E-state index is 13.7. The predicted octanol–water partition coefficient (Wildman–Crippen LogP) is 3.70. The summed E-state index contributed by atoms with van der Waals surface area (Å²) < 4.78 is 34.1. The number of rotatable bonds is 13. The molecule has 0 fully saturated rings. The molecule has 0 saturated carbocycles. The van der Waals surface area contributed by atoms with Crippen LogP contribution >= 0.6 is 0 Å². The molecule has 3 aromatic carbocycles. The largest absolute Gasteiger partial charge is 0.494 e. The van der Waals surface area contributed by atoms with E-state index in [-0.39, 0.29) is 18.0 Å². The fraction of sp³-hybridized carbons (Fsp3) is 0.226. The third kappa shape index (κ3) is 7.77. The number of aliphatic hydroxyl groups is 2. The van der Waals surface area contributed by atoms with Crippen LogP contribution in [0.1, 0.15) is 40.2 Å². The number of nitrogens with zero attached hydrogens (tertiary/aromatic N) is 2. The second kappa shape index (κ2) is 14.0. The Morgan fingerprint density at radius 1 is 0.927 bits per heavy atom. The van der Waals surface area contributed by atoms with Gasteiger partial charge < -0.3 is 20.3 Å². The van der Waals surface area contributed by atoms with E-state index in [0.717, 1.165) is 0 Å². The van der Waals surface area contributed by atoms with Gasteiger partial charge in [-0.2, -0.15) is 4.31 Å². The van der Waals surface area contributed by atoms with Gasteiger partial charge in [0.1, 0.15) is 11.9 Å². The van der Waals surface area contributed by atoms with Crippen molar-refractivity contribution in [2.75, 3.05) is 13.2 Å². The summed E-state index contributed by atoms with van der Waals surface area (Å²) in [5, 5.41) is 23.1. The lowest BCUT2D eigenvalue weighted by Gasteiger charge is -2.23. The third-order valence-corrected chi connectivity index (χ3v) is 8.25. The number of benzene rings is 3. The van der Waals surface area contributed by atoms with Gasteiger partial charge in [0.25, 0.3) is 5.91 Å². The van der Waals surface area contributed by atoms with Crippen LogP contribution in [0.15, 0.2) is 108 Å². The smallest absolute Gasteiger partial charge is 0.251 e. The van der Waals surface area contributed by atoms with Crippen molar-refractivity contribution in [2.45, 2.75) is 37.1 Å². The molecule has 1 amide bonds. The first-order valence-corrected chi connectivity index (χ1v) is 14.6. The molecule has 41 heavy (non-hydrogen) atoms. The topological polar surface area (TPSA) is 129 Å². The summed E-state index contributed by atoms with van der Waals surface area (Å²) in [6.07, 6.45) is 0.524. The zero-order valence-corrected chi connectivity index (χ0v) is 23.4. The van der Waals surface area contributed by atoms with Crippen molar-refractivity contribution in [3.63, 3.8) is 0 Å². The first kappa shape index (κ1) is 29.9. The van der Waals surface area contributed by atoms with Crippen molar-refractivity contribution in [1.82, 2.24) is 14.6 Å². The maximum atomic E-state index is 13.7. The molecular weight excluding hydrogens is 542 g/mol. The first-order valence-electron chi connectivity index (χ1n) is 13.2. The number of sulfonamides is 1. The Morgan fingerprint density at radius 3 is 2.22 bits per heavy atom. The Balaban J connectivity index is 1.51. The lowest BCUT2D eigenvalue weighted by atomic mass is 10.0. The standard InChI is InChI=1S/C31H33N3O6S/c1-2-40-27-15-17-28(18-16-27)41(38,39)34(21-26-10-6-7-19-32-26)20-23-11-13-25(14-12-23)31(37)33-29(22-35)30(36)24-8-4-3-5-9-24/h3-19,29-30,35-36H,2,20-22H2,1H3,(H,33,37)/t29-,30-/m0/s1. The van der Waals surface area contributed by atoms with Crippen LogP contribution in [0, 0.1) is 0 Å². The molecule has 9 nitrogen and oxygen atoms in total. The van der Waals surface area contributed by atoms with Crippen molar-refractivity contribution in [3.8, 4) is 5.75 Å². The Labute approximate surface area is 240 Å². The molecule has 0 aliphatic carbocycles. The Hall–Kier alpha value is -4.09. The molecule has 214 valence electrons. The number of ether oxygens (including phenoxy) is 1. The van der Waals surface area contributed by atoms with Crippen molar-refractivity contribution in [2.24, 2.45) is 0 Å². The van der Waals surface area contributed by atoms with E-state index >= 15 is 0 Å². The zero-order valence-electron chi connectivity index (χ0n) is 22.6. The molecule has 0 saturated heterocycles. The second-order valence-corrected chi connectivity index (χ2v) is 11.3. The van der Waals surface area contributed by atoms with E-state index < -0.39 is 34.7 Å². The number of carbonyl (C=O) groups excluding carboxylic acids is 1. The highest BCUT2D eigenvalue weighted by Crippen LogP contribution is 2.24. The quantitative estimate of drug-likeness (QED) is 0.222. The van der Waals surface area contributed by atoms with Crippen molar-refractivity contribution >= 4 is 15.9 Å². The molecule has 4 rings (SSSR count). The molecular formula is C31H33N3O6S. The normalized spacial score (nSPS) is 13.0. The molecule has 3 N–H and O–H groups in total. The molecule has 0 radical (unpaired) electrons. The Bertz CT molecular complexity index is 1500. The minimum atomic E-state index is -3.91. The van der Waals surface area contributed by atoms with Gasteiger partial charge >= 0.3 is 0 Å². The van der Waals surface area contributed by atoms with Crippen LogP contribution in [-0.4, -0.2) is 53.1 Å². The highest BCUT2D eigenvalue weighted by Gasteiger charge is 2.26. The van der Waals surface area contributed by atoms with E-state index in [4.69, 9.17) is 4.74 Å². The highest BCUT2D eigenvalue weighted by molar-refractivity contribution is 7.89. The predicted molar refractivity (Wildman–Crippen MR) is 154 cm³/mol. The van der Waals surface area contributed by atoms with Gasteiger partial charge in [0.05, 0.1) is 36.4 Å². The van der Waals surface area contributed by atoms with Crippen LogP contribution in [-0.2, 0) is 23.1 Å². The first-order chi connectivity index (χ1) is 19.8. The number of aliphatic hydroxyl groups excluding tert-OH is 2. The Morgan fingerprint density at radius 2 is 1.61 bits per heavy atom. The molecule has 0 aliphatic heterocycles. The summed E-state index contributed by atoms with van der Waals surface area (Å²) in [6, 6.07) is 26.0. The van der Waals surface area contributed by atoms with E-state index in [0.29, 0.717) is 34.7 Å². The maximum Gasteiger partial charge on any atom is 0.251 e. The summed E-state index contributed by atoms with van der Waals surface area (Å²) in [7, 11) is -3.91. The van der Waals surface area contributed by atoms with Gasteiger partial charge in [-0.25, -0.2) is 8.42 Å². The number of nitrogens with one attached hydrogen (secondary N) is 1. The lowest BCUT2D eigenvalue weighted by molar-refractivity contribution is 0.0703. The molecule has 10 heteroatoms. The molecule has 0 aliphatic rings. The van der Waals surface area contributed by atoms with Crippen LogP contribution in [0.25, 0.3) is 0 Å². The van der Waals surface area contributed by atoms with E-state index in [1.165, 1.54) is 16.4 Å². The van der Waals surface area contributed by atoms with E-state index in [1.54, 1.807) is 85.1 Å². The van der Waals surface area contributed by atoms with Gasteiger partial charge in [0, 0.05) is 18.3 Å². The number of hydrogen-bond donors (Lipinski definition) is 3. The molecule has 1 aromatic heterocycles. The Kier molecular flexibility index (Phi) is 10.2. The SMILES string of the molecule is CCOc1ccc(S(=O)(=O)N(Cc2ccc(C(=O)N[C@@H](CO)[C@@H](O)c3ccccc3)cc2)Cc2ccccn2)cc1. The number of aromatic nitrogens is 1. The molecule has 0 unspecified atom stereocenters. The van der Waals surface area contributed by atoms with Crippen LogP contribution in [0.2, 0.25) is 0 Å². The number of amides is 1. The van der Waals surface area contributed by atoms with Crippen molar-refractivity contribution in [1.29, 1.82) is 0 Å². The summed E-state index contributed by atoms with van der Waals surface area (Å²) in [4.78, 5) is 17.3. The number of carbonyl (C=O) groups is 1. The van der Waals surface area contributed by atoms with E-state index in [1.807, 2.05) is 13.0 Å². The van der Waals surface area contributed by atoms with E-state index in [9.17, 15) is 23.4 Å². The van der Waals surface area contributed by atoms with Gasteiger partial charge in [-0.15, -0.1) is 0 Å². The van der Waals surface area contributed by atoms with Gasteiger partial charge in [0.2, 0.25) is 10.0 Å². The average Bonchev–Trinajstić information content (AvgIpc) is 3.01. The monoisotopic (exact) mass is 575 g/mol. The van der Waals surface area contributed by atoms with Gasteiger partial charge in [-0.05, 0) is 66.6 Å². The third-order valence-electron chi connectivity index (χ3n) is 6.45. The minimum Gasteiger partial charge on any atom is -0.494 e. The summed E-state index contributed by atoms with van der Waals surface area (Å²) >= 11 is 0. The van der Waals surface area contributed by atoms with Crippen LogP contribution in [0.5, 0.6) is 5.75 Å². The van der Waals surface area contributed by atoms with Crippen LogP contribution in [0.4, 0.5) is 0 Å².